The van der Waals surface area contributed by atoms with E-state index in [2.05, 4.69) is 35.6 Å². The lowest BCUT2D eigenvalue weighted by Gasteiger charge is -2.40. The van der Waals surface area contributed by atoms with Gasteiger partial charge < -0.3 is 14.5 Å². The van der Waals surface area contributed by atoms with Crippen molar-refractivity contribution in [2.24, 2.45) is 10.8 Å². The van der Waals surface area contributed by atoms with Gasteiger partial charge in [-0.25, -0.2) is 9.78 Å². The van der Waals surface area contributed by atoms with Crippen molar-refractivity contribution in [1.29, 1.82) is 0 Å². The predicted molar refractivity (Wildman–Crippen MR) is 129 cm³/mol. The number of para-hydroxylation sites is 2. The van der Waals surface area contributed by atoms with Gasteiger partial charge in [-0.05, 0) is 60.4 Å². The summed E-state index contributed by atoms with van der Waals surface area (Å²) in [5.41, 5.74) is 3.37. The van der Waals surface area contributed by atoms with Crippen molar-refractivity contribution >= 4 is 22.0 Å². The largest absolute Gasteiger partial charge is 0.507 e. The number of fused-ring (bicyclic) bond motifs is 4. The monoisotopic (exact) mass is 443 g/mol. The van der Waals surface area contributed by atoms with Crippen molar-refractivity contribution in [3.05, 3.63) is 58.4 Å². The number of hydrogen-bond acceptors (Lipinski definition) is 5. The Morgan fingerprint density at radius 2 is 2.00 bits per heavy atom. The fourth-order valence-electron chi connectivity index (χ4n) is 6.59. The van der Waals surface area contributed by atoms with E-state index in [9.17, 15) is 9.90 Å². The van der Waals surface area contributed by atoms with Crippen LogP contribution in [0.15, 0.2) is 51.7 Å². The van der Waals surface area contributed by atoms with E-state index in [0.29, 0.717) is 46.0 Å². The molecule has 1 saturated heterocycles. The molecular formula is C27H29N3O3. The fraction of sp³-hybridized carbons (Fsp3) is 0.407. The molecule has 2 aliphatic rings. The van der Waals surface area contributed by atoms with Gasteiger partial charge in [-0.2, -0.15) is 0 Å². The molecule has 0 amide bonds. The van der Waals surface area contributed by atoms with E-state index in [1.807, 2.05) is 30.3 Å². The number of phenols is 1. The molecule has 2 unspecified atom stereocenters. The summed E-state index contributed by atoms with van der Waals surface area (Å²) in [4.78, 5) is 23.2. The molecule has 3 heterocycles. The van der Waals surface area contributed by atoms with Gasteiger partial charge in [-0.1, -0.05) is 32.9 Å². The number of nitrogens with zero attached hydrogens (tertiary/aromatic N) is 2. The minimum absolute atomic E-state index is 0.174. The van der Waals surface area contributed by atoms with E-state index in [4.69, 9.17) is 4.42 Å². The molecule has 0 radical (unpaired) electrons. The SMILES string of the molecule is CC1(C)CC2CC(C)(CN2Cc2c(O)ccc3cc(-c4nc5ccccc5[nH]4)c(=O)oc23)C1. The Bertz CT molecular complexity index is 1420. The molecule has 1 aliphatic heterocycles. The lowest BCUT2D eigenvalue weighted by Crippen LogP contribution is -2.34. The van der Waals surface area contributed by atoms with Crippen LogP contribution in [0.1, 0.15) is 45.6 Å². The second-order valence-corrected chi connectivity index (χ2v) is 11.2. The average molecular weight is 444 g/mol. The van der Waals surface area contributed by atoms with Crippen molar-refractivity contribution < 1.29 is 9.52 Å². The van der Waals surface area contributed by atoms with Gasteiger partial charge in [0.1, 0.15) is 22.7 Å². The highest BCUT2D eigenvalue weighted by molar-refractivity contribution is 5.86. The third-order valence-corrected chi connectivity index (χ3v) is 7.51. The van der Waals surface area contributed by atoms with Gasteiger partial charge >= 0.3 is 5.63 Å². The number of nitrogens with one attached hydrogen (secondary N) is 1. The Labute approximate surface area is 192 Å². The summed E-state index contributed by atoms with van der Waals surface area (Å²) in [7, 11) is 0. The van der Waals surface area contributed by atoms with Crippen molar-refractivity contribution in [3.8, 4) is 17.1 Å². The molecule has 2 bridgehead atoms. The number of benzene rings is 2. The van der Waals surface area contributed by atoms with Crippen LogP contribution < -0.4 is 5.63 Å². The summed E-state index contributed by atoms with van der Waals surface area (Å²) in [6, 6.07) is 13.5. The summed E-state index contributed by atoms with van der Waals surface area (Å²) >= 11 is 0. The molecule has 2 aromatic carbocycles. The summed E-state index contributed by atoms with van der Waals surface area (Å²) in [5, 5.41) is 11.5. The second-order valence-electron chi connectivity index (χ2n) is 11.2. The molecule has 33 heavy (non-hydrogen) atoms. The average Bonchev–Trinajstić information content (AvgIpc) is 3.27. The highest BCUT2D eigenvalue weighted by Gasteiger charge is 2.49. The van der Waals surface area contributed by atoms with Crippen LogP contribution in [0.2, 0.25) is 0 Å². The topological polar surface area (TPSA) is 82.4 Å². The Morgan fingerprint density at radius 3 is 2.82 bits per heavy atom. The maximum Gasteiger partial charge on any atom is 0.347 e. The maximum atomic E-state index is 13.0. The fourth-order valence-corrected chi connectivity index (χ4v) is 6.59. The zero-order valence-corrected chi connectivity index (χ0v) is 19.3. The Kier molecular flexibility index (Phi) is 4.31. The predicted octanol–water partition coefficient (Wildman–Crippen LogP) is 5.44. The molecule has 2 atom stereocenters. The third kappa shape index (κ3) is 3.44. The number of likely N-dealkylation sites (tertiary alicyclic amines) is 1. The van der Waals surface area contributed by atoms with Crippen LogP contribution in [-0.4, -0.2) is 32.6 Å². The number of phenolic OH excluding ortho intramolecular Hbond substituents is 1. The summed E-state index contributed by atoms with van der Waals surface area (Å²) in [5.74, 6) is 0.665. The Hall–Kier alpha value is -3.12. The van der Waals surface area contributed by atoms with Crippen molar-refractivity contribution in [1.82, 2.24) is 14.9 Å². The summed E-state index contributed by atoms with van der Waals surface area (Å²) in [6.07, 6.45) is 3.54. The molecule has 170 valence electrons. The minimum atomic E-state index is -0.457. The first kappa shape index (κ1) is 20.5. The number of aromatic nitrogens is 2. The number of hydrogen-bond donors (Lipinski definition) is 2. The van der Waals surface area contributed by atoms with E-state index in [1.54, 1.807) is 12.1 Å². The lowest BCUT2D eigenvalue weighted by molar-refractivity contribution is 0.126. The van der Waals surface area contributed by atoms with Crippen molar-refractivity contribution in [3.63, 3.8) is 0 Å². The molecular weight excluding hydrogens is 414 g/mol. The van der Waals surface area contributed by atoms with Crippen LogP contribution in [-0.2, 0) is 6.54 Å². The Balaban J connectivity index is 1.40. The molecule has 2 N–H and O–H groups in total. The highest BCUT2D eigenvalue weighted by Crippen LogP contribution is 2.53. The number of H-pyrrole nitrogens is 1. The van der Waals surface area contributed by atoms with Gasteiger partial charge in [0.25, 0.3) is 0 Å². The molecule has 6 heteroatoms. The molecule has 1 aliphatic carbocycles. The maximum absolute atomic E-state index is 13.0. The van der Waals surface area contributed by atoms with Crippen LogP contribution in [0.4, 0.5) is 0 Å². The standard InChI is InChI=1S/C27H29N3O3/c1-26(2)11-17-12-27(3,14-26)15-30(17)13-19-22(31)9-8-16-10-18(25(32)33-23(16)19)24-28-20-6-4-5-7-21(20)29-24/h4-10,17,31H,11-15H2,1-3H3,(H,28,29). The van der Waals surface area contributed by atoms with E-state index < -0.39 is 5.63 Å². The highest BCUT2D eigenvalue weighted by atomic mass is 16.4. The normalized spacial score (nSPS) is 24.6. The van der Waals surface area contributed by atoms with Crippen molar-refractivity contribution in [2.45, 2.75) is 52.6 Å². The molecule has 6 nitrogen and oxygen atoms in total. The van der Waals surface area contributed by atoms with Crippen LogP contribution in [0.5, 0.6) is 5.75 Å². The molecule has 1 saturated carbocycles. The van der Waals surface area contributed by atoms with E-state index in [-0.39, 0.29) is 5.75 Å². The van der Waals surface area contributed by atoms with Gasteiger partial charge in [-0.3, -0.25) is 4.90 Å². The van der Waals surface area contributed by atoms with Crippen molar-refractivity contribution in [2.75, 3.05) is 6.54 Å². The molecule has 2 aromatic heterocycles. The Morgan fingerprint density at radius 1 is 1.18 bits per heavy atom. The van der Waals surface area contributed by atoms with E-state index in [0.717, 1.165) is 29.4 Å². The van der Waals surface area contributed by atoms with Gasteiger partial charge in [-0.15, -0.1) is 0 Å². The number of aromatic hydroxyl groups is 1. The zero-order valence-electron chi connectivity index (χ0n) is 19.3. The quantitative estimate of drug-likeness (QED) is 0.412. The van der Waals surface area contributed by atoms with Crippen LogP contribution in [0.3, 0.4) is 0 Å². The van der Waals surface area contributed by atoms with E-state index in [1.165, 1.54) is 12.8 Å². The van der Waals surface area contributed by atoms with Crippen LogP contribution in [0.25, 0.3) is 33.4 Å². The first-order chi connectivity index (χ1) is 15.7. The zero-order chi connectivity index (χ0) is 23.0. The molecule has 4 aromatic rings. The third-order valence-electron chi connectivity index (χ3n) is 7.51. The summed E-state index contributed by atoms with van der Waals surface area (Å²) < 4.78 is 5.84. The smallest absolute Gasteiger partial charge is 0.347 e. The van der Waals surface area contributed by atoms with Gasteiger partial charge in [0, 0.05) is 24.5 Å². The number of imidazole rings is 1. The second kappa shape index (κ2) is 6.94. The minimum Gasteiger partial charge on any atom is -0.507 e. The number of aromatic amines is 1. The summed E-state index contributed by atoms with van der Waals surface area (Å²) in [6.45, 7) is 8.66. The molecule has 6 rings (SSSR count). The van der Waals surface area contributed by atoms with Crippen LogP contribution in [0, 0.1) is 10.8 Å². The molecule has 0 spiro atoms. The molecule has 2 fully saturated rings. The lowest BCUT2D eigenvalue weighted by atomic mass is 9.65. The van der Waals surface area contributed by atoms with Gasteiger partial charge in [0.05, 0.1) is 16.6 Å². The number of rotatable bonds is 3. The van der Waals surface area contributed by atoms with Gasteiger partial charge in [0.15, 0.2) is 0 Å². The van der Waals surface area contributed by atoms with E-state index >= 15 is 0 Å². The first-order valence-corrected chi connectivity index (χ1v) is 11.7. The van der Waals surface area contributed by atoms with Crippen LogP contribution >= 0.6 is 0 Å². The van der Waals surface area contributed by atoms with Gasteiger partial charge in [0.2, 0.25) is 0 Å². The first-order valence-electron chi connectivity index (χ1n) is 11.7.